The fourth-order valence-electron chi connectivity index (χ4n) is 5.29. The van der Waals surface area contributed by atoms with E-state index in [2.05, 4.69) is 6.07 Å². The minimum absolute atomic E-state index is 0.0146. The van der Waals surface area contributed by atoms with Gasteiger partial charge in [0, 0.05) is 29.7 Å². The Kier molecular flexibility index (Phi) is 7.84. The number of hydrogen-bond acceptors (Lipinski definition) is 8. The van der Waals surface area contributed by atoms with E-state index in [4.69, 9.17) is 19.2 Å². The molecule has 1 saturated heterocycles. The summed E-state index contributed by atoms with van der Waals surface area (Å²) < 4.78 is 41.2. The second kappa shape index (κ2) is 11.2. The number of benzene rings is 2. The highest BCUT2D eigenvalue weighted by Gasteiger charge is 2.36. The number of sulfone groups is 1. The molecular weight excluding hydrogens is 518 g/mol. The summed E-state index contributed by atoms with van der Waals surface area (Å²) in [6.07, 6.45) is 1.07. The van der Waals surface area contributed by atoms with Crippen LogP contribution in [0.3, 0.4) is 0 Å². The van der Waals surface area contributed by atoms with Gasteiger partial charge in [0.25, 0.3) is 0 Å². The van der Waals surface area contributed by atoms with Crippen LogP contribution in [0.2, 0.25) is 0 Å². The highest BCUT2D eigenvalue weighted by atomic mass is 32.2. The molecular formula is C30H35NO7S. The van der Waals surface area contributed by atoms with Gasteiger partial charge in [-0.3, -0.25) is 0 Å². The first-order valence-corrected chi connectivity index (χ1v) is 15.1. The third kappa shape index (κ3) is 6.37. The van der Waals surface area contributed by atoms with Crippen molar-refractivity contribution in [2.75, 3.05) is 31.3 Å². The Hall–Kier alpha value is -3.14. The summed E-state index contributed by atoms with van der Waals surface area (Å²) in [6, 6.07) is 15.6. The molecule has 0 amide bonds. The van der Waals surface area contributed by atoms with Crippen LogP contribution in [-0.4, -0.2) is 60.5 Å². The number of aryl methyl sites for hydroxylation is 2. The minimum atomic E-state index is -3.06. The number of nitrogens with zero attached hydrogens (tertiary/aromatic N) is 1. The fourth-order valence-corrected chi connectivity index (χ4v) is 6.87. The SMILES string of the molecule is Cc1cc(OCC2(O)CCS(=O)(=O)CC2)cc(C)c1-c1cccc(OCc2ccc3c(c2)OCC3CCO)n1. The van der Waals surface area contributed by atoms with E-state index < -0.39 is 15.4 Å². The van der Waals surface area contributed by atoms with Gasteiger partial charge in [-0.25, -0.2) is 13.4 Å². The van der Waals surface area contributed by atoms with Gasteiger partial charge in [0.05, 0.1) is 23.8 Å². The molecule has 1 fully saturated rings. The number of hydrogen-bond donors (Lipinski definition) is 2. The van der Waals surface area contributed by atoms with Crippen molar-refractivity contribution >= 4 is 9.84 Å². The van der Waals surface area contributed by atoms with Gasteiger partial charge in [-0.05, 0) is 74.1 Å². The van der Waals surface area contributed by atoms with Crippen LogP contribution in [0.4, 0.5) is 0 Å². The van der Waals surface area contributed by atoms with Crippen molar-refractivity contribution < 1.29 is 32.8 Å². The summed E-state index contributed by atoms with van der Waals surface area (Å²) in [4.78, 5) is 4.74. The van der Waals surface area contributed by atoms with Crippen LogP contribution < -0.4 is 14.2 Å². The van der Waals surface area contributed by atoms with Gasteiger partial charge in [-0.2, -0.15) is 0 Å². The molecule has 2 N–H and O–H groups in total. The van der Waals surface area contributed by atoms with Crippen molar-refractivity contribution in [3.8, 4) is 28.6 Å². The van der Waals surface area contributed by atoms with Crippen LogP contribution >= 0.6 is 0 Å². The maximum atomic E-state index is 11.7. The van der Waals surface area contributed by atoms with Crippen LogP contribution in [0.5, 0.6) is 17.4 Å². The second-order valence-electron chi connectivity index (χ2n) is 10.6. The fraction of sp³-hybridized carbons (Fsp3) is 0.433. The van der Waals surface area contributed by atoms with Crippen molar-refractivity contribution in [2.45, 2.75) is 51.2 Å². The van der Waals surface area contributed by atoms with Crippen LogP contribution in [-0.2, 0) is 16.4 Å². The first-order valence-electron chi connectivity index (χ1n) is 13.3. The lowest BCUT2D eigenvalue weighted by atomic mass is 9.97. The molecule has 0 bridgehead atoms. The number of aromatic nitrogens is 1. The summed E-state index contributed by atoms with van der Waals surface area (Å²) in [6.45, 7) is 5.12. The lowest BCUT2D eigenvalue weighted by Gasteiger charge is -2.31. The summed E-state index contributed by atoms with van der Waals surface area (Å²) in [5, 5.41) is 20.0. The predicted octanol–water partition coefficient (Wildman–Crippen LogP) is 4.12. The molecule has 1 unspecified atom stereocenters. The Morgan fingerprint density at radius 2 is 1.79 bits per heavy atom. The summed E-state index contributed by atoms with van der Waals surface area (Å²) in [7, 11) is -3.06. The van der Waals surface area contributed by atoms with E-state index in [1.807, 2.05) is 56.3 Å². The molecule has 1 aromatic heterocycles. The number of pyridine rings is 1. The molecule has 0 spiro atoms. The van der Waals surface area contributed by atoms with E-state index in [0.717, 1.165) is 39.3 Å². The maximum absolute atomic E-state index is 11.7. The van der Waals surface area contributed by atoms with Gasteiger partial charge < -0.3 is 24.4 Å². The molecule has 2 aliphatic rings. The van der Waals surface area contributed by atoms with E-state index >= 15 is 0 Å². The lowest BCUT2D eigenvalue weighted by Crippen LogP contribution is -2.43. The van der Waals surface area contributed by atoms with Crippen LogP contribution in [0.25, 0.3) is 11.3 Å². The quantitative estimate of drug-likeness (QED) is 0.407. The van der Waals surface area contributed by atoms with E-state index in [-0.39, 0.29) is 43.5 Å². The molecule has 2 aromatic carbocycles. The topological polar surface area (TPSA) is 115 Å². The summed E-state index contributed by atoms with van der Waals surface area (Å²) in [5.74, 6) is 2.20. The zero-order valence-electron chi connectivity index (χ0n) is 22.4. The van der Waals surface area contributed by atoms with Gasteiger partial charge in [-0.15, -0.1) is 0 Å². The monoisotopic (exact) mass is 553 g/mol. The minimum Gasteiger partial charge on any atom is -0.493 e. The normalized spacial score (nSPS) is 19.2. The van der Waals surface area contributed by atoms with Gasteiger partial charge >= 0.3 is 0 Å². The van der Waals surface area contributed by atoms with Gasteiger partial charge in [0.15, 0.2) is 9.84 Å². The summed E-state index contributed by atoms with van der Waals surface area (Å²) >= 11 is 0. The van der Waals surface area contributed by atoms with Crippen LogP contribution in [0.1, 0.15) is 47.4 Å². The average Bonchev–Trinajstić information content (AvgIpc) is 3.30. The molecule has 39 heavy (non-hydrogen) atoms. The molecule has 8 nitrogen and oxygen atoms in total. The molecule has 9 heteroatoms. The van der Waals surface area contributed by atoms with E-state index in [1.54, 1.807) is 0 Å². The van der Waals surface area contributed by atoms with Crippen molar-refractivity contribution in [1.82, 2.24) is 4.98 Å². The Morgan fingerprint density at radius 3 is 2.51 bits per heavy atom. The Bertz CT molecular complexity index is 1420. The van der Waals surface area contributed by atoms with E-state index in [0.29, 0.717) is 31.3 Å². The largest absolute Gasteiger partial charge is 0.493 e. The molecule has 0 aliphatic carbocycles. The third-order valence-corrected chi connectivity index (χ3v) is 9.22. The highest BCUT2D eigenvalue weighted by Crippen LogP contribution is 2.37. The lowest BCUT2D eigenvalue weighted by molar-refractivity contribution is -0.0128. The van der Waals surface area contributed by atoms with Crippen molar-refractivity contribution in [3.05, 3.63) is 70.8 Å². The van der Waals surface area contributed by atoms with Gasteiger partial charge in [0.2, 0.25) is 5.88 Å². The molecule has 3 heterocycles. The number of aliphatic hydroxyl groups excluding tert-OH is 1. The first kappa shape index (κ1) is 27.4. The van der Waals surface area contributed by atoms with Crippen molar-refractivity contribution in [3.63, 3.8) is 0 Å². The second-order valence-corrected chi connectivity index (χ2v) is 12.9. The average molecular weight is 554 g/mol. The third-order valence-electron chi connectivity index (χ3n) is 7.57. The maximum Gasteiger partial charge on any atom is 0.214 e. The van der Waals surface area contributed by atoms with E-state index in [9.17, 15) is 18.6 Å². The predicted molar refractivity (Wildman–Crippen MR) is 148 cm³/mol. The van der Waals surface area contributed by atoms with E-state index in [1.165, 1.54) is 0 Å². The highest BCUT2D eigenvalue weighted by molar-refractivity contribution is 7.91. The number of ether oxygens (including phenoxy) is 3. The number of rotatable bonds is 9. The van der Waals surface area contributed by atoms with Crippen LogP contribution in [0, 0.1) is 13.8 Å². The van der Waals surface area contributed by atoms with Gasteiger partial charge in [0.1, 0.15) is 30.3 Å². The smallest absolute Gasteiger partial charge is 0.214 e. The molecule has 5 rings (SSSR count). The van der Waals surface area contributed by atoms with Gasteiger partial charge in [-0.1, -0.05) is 18.2 Å². The molecule has 0 radical (unpaired) electrons. The zero-order valence-corrected chi connectivity index (χ0v) is 23.2. The van der Waals surface area contributed by atoms with Crippen molar-refractivity contribution in [2.24, 2.45) is 0 Å². The molecule has 0 saturated carbocycles. The Morgan fingerprint density at radius 1 is 1.05 bits per heavy atom. The van der Waals surface area contributed by atoms with Crippen molar-refractivity contribution in [1.29, 1.82) is 0 Å². The molecule has 208 valence electrons. The summed E-state index contributed by atoms with van der Waals surface area (Å²) in [5.41, 5.74) is 4.70. The Labute approximate surface area is 229 Å². The Balaban J connectivity index is 1.25. The molecule has 2 aliphatic heterocycles. The zero-order chi connectivity index (χ0) is 27.6. The number of fused-ring (bicyclic) bond motifs is 1. The molecule has 3 aromatic rings. The molecule has 1 atom stereocenters. The number of aliphatic hydroxyl groups is 2. The van der Waals surface area contributed by atoms with Crippen LogP contribution in [0.15, 0.2) is 48.5 Å². The standard InChI is InChI=1S/C30H35NO7S/c1-20-14-24(38-19-30(33)9-12-39(34,35)13-10-30)15-21(2)29(20)26-4-3-5-28(31-26)37-17-22-6-7-25-23(8-11-32)18-36-27(25)16-22/h3-7,14-16,23,32-33H,8-13,17-19H2,1-2H3. The first-order chi connectivity index (χ1) is 18.6.